The van der Waals surface area contributed by atoms with Crippen molar-refractivity contribution in [1.29, 1.82) is 0 Å². The molecule has 0 aromatic carbocycles. The fourth-order valence-corrected chi connectivity index (χ4v) is 2.53. The molecular formula is C15H23N3O3. The highest BCUT2D eigenvalue weighted by molar-refractivity contribution is 5.73. The predicted octanol–water partition coefficient (Wildman–Crippen LogP) is 2.13. The van der Waals surface area contributed by atoms with E-state index in [-0.39, 0.29) is 23.7 Å². The molecule has 1 aliphatic heterocycles. The Labute approximate surface area is 125 Å². The summed E-state index contributed by atoms with van der Waals surface area (Å²) in [6.07, 6.45) is 4.21. The van der Waals surface area contributed by atoms with E-state index < -0.39 is 5.60 Å². The Morgan fingerprint density at radius 2 is 2.00 bits per heavy atom. The van der Waals surface area contributed by atoms with Crippen molar-refractivity contribution in [2.75, 3.05) is 11.4 Å². The van der Waals surface area contributed by atoms with E-state index in [9.17, 15) is 9.90 Å². The number of anilines is 1. The molecular weight excluding hydrogens is 270 g/mol. The molecule has 1 aliphatic rings. The Hall–Kier alpha value is -1.85. The van der Waals surface area contributed by atoms with E-state index in [0.717, 1.165) is 12.8 Å². The van der Waals surface area contributed by atoms with Crippen LogP contribution < -0.4 is 4.90 Å². The van der Waals surface area contributed by atoms with E-state index in [1.54, 1.807) is 0 Å². The van der Waals surface area contributed by atoms with Crippen LogP contribution in [0.1, 0.15) is 40.5 Å². The van der Waals surface area contributed by atoms with Crippen LogP contribution >= 0.6 is 0 Å². The van der Waals surface area contributed by atoms with E-state index in [4.69, 9.17) is 4.74 Å². The molecule has 0 saturated carbocycles. The number of hydrogen-bond donors (Lipinski definition) is 1. The zero-order valence-electron chi connectivity index (χ0n) is 13.0. The summed E-state index contributed by atoms with van der Waals surface area (Å²) >= 11 is 0. The van der Waals surface area contributed by atoms with Crippen molar-refractivity contribution in [3.05, 3.63) is 12.4 Å². The van der Waals surface area contributed by atoms with Gasteiger partial charge in [-0.2, -0.15) is 0 Å². The molecule has 1 fully saturated rings. The topological polar surface area (TPSA) is 75.5 Å². The molecule has 1 saturated heterocycles. The van der Waals surface area contributed by atoms with Crippen LogP contribution in [0.5, 0.6) is 5.75 Å². The third kappa shape index (κ3) is 4.06. The summed E-state index contributed by atoms with van der Waals surface area (Å²) in [5, 5.41) is 9.24. The van der Waals surface area contributed by atoms with E-state index >= 15 is 0 Å². The van der Waals surface area contributed by atoms with Gasteiger partial charge in [0.2, 0.25) is 5.95 Å². The minimum Gasteiger partial charge on any atom is -0.505 e. The van der Waals surface area contributed by atoms with Gasteiger partial charge < -0.3 is 14.7 Å². The molecule has 6 nitrogen and oxygen atoms in total. The summed E-state index contributed by atoms with van der Waals surface area (Å²) < 4.78 is 5.46. The molecule has 2 rings (SSSR count). The fourth-order valence-electron chi connectivity index (χ4n) is 2.53. The van der Waals surface area contributed by atoms with Crippen LogP contribution in [0.3, 0.4) is 0 Å². The fraction of sp³-hybridized carbons (Fsp3) is 0.667. The predicted molar refractivity (Wildman–Crippen MR) is 79.1 cm³/mol. The Bertz CT molecular complexity index is 496. The normalized spacial score (nSPS) is 23.0. The van der Waals surface area contributed by atoms with E-state index in [1.165, 1.54) is 12.4 Å². The first-order valence-electron chi connectivity index (χ1n) is 7.27. The number of piperidine rings is 1. The van der Waals surface area contributed by atoms with Gasteiger partial charge in [-0.15, -0.1) is 0 Å². The molecule has 0 radical (unpaired) electrons. The maximum atomic E-state index is 12.1. The Morgan fingerprint density at radius 3 is 2.52 bits per heavy atom. The summed E-state index contributed by atoms with van der Waals surface area (Å²) in [5.74, 6) is 0.436. The number of aromatic nitrogens is 2. The van der Waals surface area contributed by atoms with Gasteiger partial charge in [0.05, 0.1) is 18.3 Å². The van der Waals surface area contributed by atoms with Crippen molar-refractivity contribution in [2.24, 2.45) is 5.92 Å². The molecule has 1 aromatic rings. The van der Waals surface area contributed by atoms with Crippen LogP contribution in [0.25, 0.3) is 0 Å². The van der Waals surface area contributed by atoms with Gasteiger partial charge >= 0.3 is 5.97 Å². The maximum absolute atomic E-state index is 12.1. The summed E-state index contributed by atoms with van der Waals surface area (Å²) in [7, 11) is 0. The average Bonchev–Trinajstić information content (AvgIpc) is 2.38. The number of nitrogens with zero attached hydrogens (tertiary/aromatic N) is 3. The SMILES string of the molecule is C[C@H]1CC(C(=O)OC(C)(C)C)CCN1c1ncc(O)cn1. The van der Waals surface area contributed by atoms with Gasteiger partial charge in [0.25, 0.3) is 0 Å². The highest BCUT2D eigenvalue weighted by Crippen LogP contribution is 2.28. The third-order valence-electron chi connectivity index (χ3n) is 3.50. The van der Waals surface area contributed by atoms with Gasteiger partial charge in [-0.25, -0.2) is 9.97 Å². The lowest BCUT2D eigenvalue weighted by Gasteiger charge is -2.37. The number of hydrogen-bond acceptors (Lipinski definition) is 6. The second kappa shape index (κ2) is 5.87. The zero-order valence-corrected chi connectivity index (χ0v) is 13.0. The molecule has 0 spiro atoms. The number of esters is 1. The summed E-state index contributed by atoms with van der Waals surface area (Å²) in [5.41, 5.74) is -0.447. The van der Waals surface area contributed by atoms with Gasteiger partial charge in [0.15, 0.2) is 5.75 Å². The maximum Gasteiger partial charge on any atom is 0.309 e. The molecule has 1 aromatic heterocycles. The number of rotatable bonds is 2. The third-order valence-corrected chi connectivity index (χ3v) is 3.50. The Morgan fingerprint density at radius 1 is 1.38 bits per heavy atom. The van der Waals surface area contributed by atoms with E-state index in [2.05, 4.69) is 14.9 Å². The summed E-state index contributed by atoms with van der Waals surface area (Å²) in [6, 6.07) is 0.154. The van der Waals surface area contributed by atoms with Crippen LogP contribution in [-0.2, 0) is 9.53 Å². The quantitative estimate of drug-likeness (QED) is 0.842. The van der Waals surface area contributed by atoms with E-state index in [0.29, 0.717) is 12.5 Å². The molecule has 1 unspecified atom stereocenters. The van der Waals surface area contributed by atoms with Gasteiger partial charge in [-0.05, 0) is 40.5 Å². The molecule has 1 N–H and O–H groups in total. The first kappa shape index (κ1) is 15.5. The minimum absolute atomic E-state index is 0.0510. The van der Waals surface area contributed by atoms with Crippen molar-refractivity contribution < 1.29 is 14.6 Å². The summed E-state index contributed by atoms with van der Waals surface area (Å²) in [6.45, 7) is 8.40. The number of carbonyl (C=O) groups excluding carboxylic acids is 1. The second-order valence-electron chi connectivity index (χ2n) is 6.54. The van der Waals surface area contributed by atoms with Gasteiger partial charge in [0, 0.05) is 12.6 Å². The Kier molecular flexibility index (Phi) is 4.34. The molecule has 6 heteroatoms. The lowest BCUT2D eigenvalue weighted by Crippen LogP contribution is -2.44. The molecule has 2 atom stereocenters. The minimum atomic E-state index is -0.447. The zero-order chi connectivity index (χ0) is 15.6. The molecule has 0 aliphatic carbocycles. The van der Waals surface area contributed by atoms with Crippen molar-refractivity contribution in [3.63, 3.8) is 0 Å². The van der Waals surface area contributed by atoms with Crippen molar-refractivity contribution >= 4 is 11.9 Å². The molecule has 116 valence electrons. The molecule has 2 heterocycles. The second-order valence-corrected chi connectivity index (χ2v) is 6.54. The molecule has 0 bridgehead atoms. The summed E-state index contributed by atoms with van der Waals surface area (Å²) in [4.78, 5) is 22.5. The highest BCUT2D eigenvalue weighted by Gasteiger charge is 2.33. The van der Waals surface area contributed by atoms with Crippen LogP contribution in [0, 0.1) is 5.92 Å². The standard InChI is InChI=1S/C15H23N3O3/c1-10-7-11(13(20)21-15(2,3)4)5-6-18(10)14-16-8-12(19)9-17-14/h8-11,19H,5-7H2,1-4H3/t10-,11?/m0/s1. The van der Waals surface area contributed by atoms with E-state index in [1.807, 2.05) is 27.7 Å². The largest absolute Gasteiger partial charge is 0.505 e. The molecule has 0 amide bonds. The highest BCUT2D eigenvalue weighted by atomic mass is 16.6. The van der Waals surface area contributed by atoms with Gasteiger partial charge in [0.1, 0.15) is 5.60 Å². The average molecular weight is 293 g/mol. The monoisotopic (exact) mass is 293 g/mol. The van der Waals surface area contributed by atoms with Crippen LogP contribution in [0.2, 0.25) is 0 Å². The van der Waals surface area contributed by atoms with Gasteiger partial charge in [-0.1, -0.05) is 0 Å². The number of aromatic hydroxyl groups is 1. The van der Waals surface area contributed by atoms with Crippen molar-refractivity contribution in [2.45, 2.75) is 52.2 Å². The van der Waals surface area contributed by atoms with Crippen LogP contribution in [0.4, 0.5) is 5.95 Å². The van der Waals surface area contributed by atoms with Crippen LogP contribution in [0.15, 0.2) is 12.4 Å². The number of ether oxygens (including phenoxy) is 1. The Balaban J connectivity index is 1.99. The van der Waals surface area contributed by atoms with Crippen molar-refractivity contribution in [3.8, 4) is 5.75 Å². The number of carbonyl (C=O) groups is 1. The lowest BCUT2D eigenvalue weighted by molar-refractivity contribution is -0.161. The first-order chi connectivity index (χ1) is 9.76. The molecule has 21 heavy (non-hydrogen) atoms. The lowest BCUT2D eigenvalue weighted by atomic mass is 9.91. The van der Waals surface area contributed by atoms with Gasteiger partial charge in [-0.3, -0.25) is 4.79 Å². The first-order valence-corrected chi connectivity index (χ1v) is 7.27. The van der Waals surface area contributed by atoms with Crippen LogP contribution in [-0.4, -0.2) is 39.2 Å². The smallest absolute Gasteiger partial charge is 0.309 e. The van der Waals surface area contributed by atoms with Crippen molar-refractivity contribution in [1.82, 2.24) is 9.97 Å².